The van der Waals surface area contributed by atoms with Crippen LogP contribution in [-0.4, -0.2) is 26.1 Å². The van der Waals surface area contributed by atoms with E-state index >= 15 is 0 Å². The molecule has 0 amide bonds. The van der Waals surface area contributed by atoms with Crippen molar-refractivity contribution in [1.29, 1.82) is 0 Å². The van der Waals surface area contributed by atoms with Gasteiger partial charge in [-0.3, -0.25) is 4.55 Å². The van der Waals surface area contributed by atoms with Crippen LogP contribution in [0.4, 0.5) is 11.4 Å². The third kappa shape index (κ3) is 5.30. The molecule has 0 aliphatic carbocycles. The van der Waals surface area contributed by atoms with Gasteiger partial charge < -0.3 is 10.6 Å². The second-order valence-electron chi connectivity index (χ2n) is 4.22. The molecule has 7 heteroatoms. The number of nitrogens with zero attached hydrogens (tertiary/aromatic N) is 1. The first kappa shape index (κ1) is 16.1. The van der Waals surface area contributed by atoms with E-state index in [2.05, 4.69) is 18.7 Å². The molecule has 3 N–H and O–H groups in total. The van der Waals surface area contributed by atoms with Crippen molar-refractivity contribution in [3.8, 4) is 0 Å². The van der Waals surface area contributed by atoms with Crippen LogP contribution in [0.3, 0.4) is 0 Å². The summed E-state index contributed by atoms with van der Waals surface area (Å²) in [7, 11) is -3.78. The van der Waals surface area contributed by atoms with Crippen LogP contribution in [-0.2, 0) is 9.15 Å². The summed E-state index contributed by atoms with van der Waals surface area (Å²) in [6.45, 7) is 5.98. The SMILES string of the molecule is CCCN(CCC)c1ccc(N)c(SS(=O)(=O)O)c1. The third-order valence-corrected chi connectivity index (χ3v) is 4.46. The predicted molar refractivity (Wildman–Crippen MR) is 81.1 cm³/mol. The summed E-state index contributed by atoms with van der Waals surface area (Å²) in [6.07, 6.45) is 2.01. The quantitative estimate of drug-likeness (QED) is 0.458. The molecule has 0 saturated carbocycles. The number of nitrogen functional groups attached to an aromatic ring is 1. The highest BCUT2D eigenvalue weighted by Gasteiger charge is 2.13. The van der Waals surface area contributed by atoms with Crippen LogP contribution < -0.4 is 10.6 Å². The molecular formula is C12H20N2O3S2. The van der Waals surface area contributed by atoms with Crippen LogP contribution in [0.2, 0.25) is 0 Å². The maximum absolute atomic E-state index is 10.9. The largest absolute Gasteiger partial charge is 0.398 e. The number of hydrogen-bond acceptors (Lipinski definition) is 5. The van der Waals surface area contributed by atoms with Gasteiger partial charge in [0.15, 0.2) is 0 Å². The standard InChI is InChI=1S/C12H20N2O3S2/c1-3-7-14(8-4-2)10-5-6-11(13)12(9-10)18-19(15,16)17/h5-6,9H,3-4,7-8,13H2,1-2H3,(H,15,16,17). The lowest BCUT2D eigenvalue weighted by atomic mass is 10.2. The minimum atomic E-state index is -4.15. The van der Waals surface area contributed by atoms with E-state index in [0.29, 0.717) is 21.4 Å². The molecule has 0 fully saturated rings. The summed E-state index contributed by atoms with van der Waals surface area (Å²) in [5, 5.41) is 0. The molecule has 0 spiro atoms. The van der Waals surface area contributed by atoms with Crippen molar-refractivity contribution in [3.05, 3.63) is 18.2 Å². The molecule has 0 bridgehead atoms. The Morgan fingerprint density at radius 1 is 1.26 bits per heavy atom. The normalized spacial score (nSPS) is 11.5. The first-order valence-corrected chi connectivity index (χ1v) is 8.96. The van der Waals surface area contributed by atoms with Crippen LogP contribution in [0.25, 0.3) is 0 Å². The van der Waals surface area contributed by atoms with Gasteiger partial charge in [-0.25, -0.2) is 0 Å². The summed E-state index contributed by atoms with van der Waals surface area (Å²) in [6, 6.07) is 5.25. The highest BCUT2D eigenvalue weighted by Crippen LogP contribution is 2.32. The van der Waals surface area contributed by atoms with E-state index in [-0.39, 0.29) is 0 Å². The molecule has 0 aromatic heterocycles. The van der Waals surface area contributed by atoms with Gasteiger partial charge in [0.1, 0.15) is 0 Å². The van der Waals surface area contributed by atoms with Gasteiger partial charge >= 0.3 is 9.15 Å². The Morgan fingerprint density at radius 2 is 1.84 bits per heavy atom. The van der Waals surface area contributed by atoms with E-state index in [1.165, 1.54) is 0 Å². The summed E-state index contributed by atoms with van der Waals surface area (Å²) in [4.78, 5) is 2.53. The summed E-state index contributed by atoms with van der Waals surface area (Å²) >= 11 is 0. The fourth-order valence-corrected chi connectivity index (χ4v) is 3.49. The minimum absolute atomic E-state index is 0.347. The van der Waals surface area contributed by atoms with E-state index in [1.807, 2.05) is 6.07 Å². The average molecular weight is 304 g/mol. The molecule has 0 unspecified atom stereocenters. The second-order valence-corrected chi connectivity index (χ2v) is 7.45. The zero-order valence-corrected chi connectivity index (χ0v) is 12.8. The van der Waals surface area contributed by atoms with E-state index in [1.54, 1.807) is 12.1 Å². The first-order valence-electron chi connectivity index (χ1n) is 6.18. The fourth-order valence-electron chi connectivity index (χ4n) is 1.82. The van der Waals surface area contributed by atoms with Crippen molar-refractivity contribution in [2.75, 3.05) is 23.7 Å². The Kier molecular flexibility index (Phi) is 5.96. The lowest BCUT2D eigenvalue weighted by molar-refractivity contribution is 0.503. The second kappa shape index (κ2) is 7.02. The average Bonchev–Trinajstić information content (AvgIpc) is 2.30. The summed E-state index contributed by atoms with van der Waals surface area (Å²) in [5.74, 6) is 0. The zero-order valence-electron chi connectivity index (χ0n) is 11.2. The maximum Gasteiger partial charge on any atom is 0.324 e. The molecule has 0 aliphatic rings. The number of benzene rings is 1. The Morgan fingerprint density at radius 3 is 2.32 bits per heavy atom. The molecular weight excluding hydrogens is 284 g/mol. The van der Waals surface area contributed by atoms with Crippen LogP contribution in [0.1, 0.15) is 26.7 Å². The Hall–Kier alpha value is -0.920. The summed E-state index contributed by atoms with van der Waals surface area (Å²) < 4.78 is 30.8. The van der Waals surface area contributed by atoms with Crippen LogP contribution in [0, 0.1) is 0 Å². The first-order chi connectivity index (χ1) is 8.87. The molecule has 0 saturated heterocycles. The predicted octanol–water partition coefficient (Wildman–Crippen LogP) is 2.79. The van der Waals surface area contributed by atoms with E-state index in [0.717, 1.165) is 31.6 Å². The van der Waals surface area contributed by atoms with Crippen molar-refractivity contribution in [3.63, 3.8) is 0 Å². The smallest absolute Gasteiger partial charge is 0.324 e. The van der Waals surface area contributed by atoms with Crippen molar-refractivity contribution in [2.45, 2.75) is 31.6 Å². The van der Waals surface area contributed by atoms with Crippen molar-refractivity contribution < 1.29 is 13.0 Å². The monoisotopic (exact) mass is 304 g/mol. The van der Waals surface area contributed by atoms with E-state index in [9.17, 15) is 8.42 Å². The maximum atomic E-state index is 10.9. The van der Waals surface area contributed by atoms with Gasteiger partial charge in [-0.05, 0) is 31.0 Å². The van der Waals surface area contributed by atoms with Gasteiger partial charge in [0.25, 0.3) is 0 Å². The van der Waals surface area contributed by atoms with Gasteiger partial charge in [-0.1, -0.05) is 13.8 Å². The molecule has 1 rings (SSSR count). The topological polar surface area (TPSA) is 83.6 Å². The van der Waals surface area contributed by atoms with Crippen LogP contribution in [0.15, 0.2) is 23.1 Å². The van der Waals surface area contributed by atoms with Crippen molar-refractivity contribution in [2.24, 2.45) is 0 Å². The Bertz CT molecular complexity index is 512. The molecule has 19 heavy (non-hydrogen) atoms. The van der Waals surface area contributed by atoms with Crippen molar-refractivity contribution >= 4 is 31.3 Å². The highest BCUT2D eigenvalue weighted by atomic mass is 33.1. The van der Waals surface area contributed by atoms with Gasteiger partial charge in [-0.15, -0.1) is 0 Å². The van der Waals surface area contributed by atoms with Gasteiger partial charge in [0, 0.05) is 35.3 Å². The molecule has 0 aliphatic heterocycles. The third-order valence-electron chi connectivity index (χ3n) is 2.54. The van der Waals surface area contributed by atoms with Crippen LogP contribution in [0.5, 0.6) is 0 Å². The molecule has 1 aromatic carbocycles. The zero-order chi connectivity index (χ0) is 14.5. The molecule has 0 radical (unpaired) electrons. The Balaban J connectivity index is 3.05. The Labute approximate surface area is 118 Å². The number of rotatable bonds is 7. The highest BCUT2D eigenvalue weighted by molar-refractivity contribution is 8.70. The van der Waals surface area contributed by atoms with E-state index < -0.39 is 9.15 Å². The lowest BCUT2D eigenvalue weighted by Gasteiger charge is -2.24. The molecule has 0 atom stereocenters. The number of hydrogen-bond donors (Lipinski definition) is 2. The van der Waals surface area contributed by atoms with Gasteiger partial charge in [0.2, 0.25) is 0 Å². The number of nitrogens with two attached hydrogens (primary N) is 1. The minimum Gasteiger partial charge on any atom is -0.398 e. The molecule has 5 nitrogen and oxygen atoms in total. The van der Waals surface area contributed by atoms with Gasteiger partial charge in [-0.2, -0.15) is 8.42 Å². The van der Waals surface area contributed by atoms with Crippen LogP contribution >= 0.6 is 10.8 Å². The van der Waals surface area contributed by atoms with Gasteiger partial charge in [0.05, 0.1) is 4.90 Å². The van der Waals surface area contributed by atoms with E-state index in [4.69, 9.17) is 10.3 Å². The number of anilines is 2. The lowest BCUT2D eigenvalue weighted by Crippen LogP contribution is -2.24. The molecule has 1 aromatic rings. The fraction of sp³-hybridized carbons (Fsp3) is 0.500. The summed E-state index contributed by atoms with van der Waals surface area (Å²) in [5.41, 5.74) is 7.00. The molecule has 108 valence electrons. The molecule has 0 heterocycles. The van der Waals surface area contributed by atoms with Crippen molar-refractivity contribution in [1.82, 2.24) is 0 Å².